The Bertz CT molecular complexity index is 1480. The first-order valence-electron chi connectivity index (χ1n) is 12.8. The Labute approximate surface area is 219 Å². The monoisotopic (exact) mass is 513 g/mol. The third kappa shape index (κ3) is 5.07. The zero-order chi connectivity index (χ0) is 26.1. The van der Waals surface area contributed by atoms with Crippen molar-refractivity contribution in [2.45, 2.75) is 31.8 Å². The number of amides is 2. The summed E-state index contributed by atoms with van der Waals surface area (Å²) < 4.78 is 24.3. The molecule has 6 rings (SSSR count). The summed E-state index contributed by atoms with van der Waals surface area (Å²) in [5.74, 6) is 0.486. The number of fused-ring (bicyclic) bond motifs is 2. The van der Waals surface area contributed by atoms with Crippen LogP contribution < -0.4 is 9.47 Å². The number of aromatic amines is 1. The van der Waals surface area contributed by atoms with Crippen molar-refractivity contribution in [3.05, 3.63) is 95.4 Å². The van der Waals surface area contributed by atoms with Crippen molar-refractivity contribution in [3.63, 3.8) is 0 Å². The maximum Gasteiger partial charge on any atom is 0.254 e. The van der Waals surface area contributed by atoms with E-state index in [1.807, 2.05) is 24.4 Å². The SMILES string of the molecule is O=C(CN(C(=O)c1ccc2c(c1)OCO2)C1CC1)N(CCc1c[nH]c2ccccc12)Cc1ccc(F)cc1. The lowest BCUT2D eigenvalue weighted by Gasteiger charge is -2.28. The molecule has 1 aliphatic carbocycles. The van der Waals surface area contributed by atoms with Crippen LogP contribution in [0, 0.1) is 5.82 Å². The van der Waals surface area contributed by atoms with Gasteiger partial charge in [0.2, 0.25) is 12.7 Å². The molecule has 1 aromatic heterocycles. The summed E-state index contributed by atoms with van der Waals surface area (Å²) in [5, 5.41) is 1.12. The van der Waals surface area contributed by atoms with Crippen LogP contribution in [0.2, 0.25) is 0 Å². The van der Waals surface area contributed by atoms with Gasteiger partial charge in [-0.05, 0) is 66.8 Å². The van der Waals surface area contributed by atoms with Gasteiger partial charge in [0, 0.05) is 41.8 Å². The molecule has 4 aromatic rings. The van der Waals surface area contributed by atoms with E-state index in [1.54, 1.807) is 40.1 Å². The second-order valence-corrected chi connectivity index (χ2v) is 9.78. The highest BCUT2D eigenvalue weighted by atomic mass is 19.1. The molecule has 0 atom stereocenters. The van der Waals surface area contributed by atoms with Crippen molar-refractivity contribution in [2.75, 3.05) is 19.9 Å². The summed E-state index contributed by atoms with van der Waals surface area (Å²) in [6, 6.07) is 19.4. The van der Waals surface area contributed by atoms with Gasteiger partial charge in [0.15, 0.2) is 11.5 Å². The number of H-pyrrole nitrogens is 1. The van der Waals surface area contributed by atoms with Gasteiger partial charge >= 0.3 is 0 Å². The zero-order valence-electron chi connectivity index (χ0n) is 20.9. The number of hydrogen-bond acceptors (Lipinski definition) is 4. The first kappa shape index (κ1) is 24.0. The molecule has 0 saturated heterocycles. The Morgan fingerprint density at radius 1 is 0.974 bits per heavy atom. The van der Waals surface area contributed by atoms with E-state index in [4.69, 9.17) is 9.47 Å². The Hall–Kier alpha value is -4.33. The number of ether oxygens (including phenoxy) is 2. The molecule has 3 aromatic carbocycles. The molecule has 1 aliphatic heterocycles. The molecule has 1 N–H and O–H groups in total. The fourth-order valence-electron chi connectivity index (χ4n) is 4.89. The van der Waals surface area contributed by atoms with Crippen LogP contribution >= 0.6 is 0 Å². The van der Waals surface area contributed by atoms with Gasteiger partial charge in [0.25, 0.3) is 5.91 Å². The number of carbonyl (C=O) groups is 2. The lowest BCUT2D eigenvalue weighted by molar-refractivity contribution is -0.132. The zero-order valence-corrected chi connectivity index (χ0v) is 20.9. The van der Waals surface area contributed by atoms with Gasteiger partial charge in [0.05, 0.1) is 0 Å². The molecule has 38 heavy (non-hydrogen) atoms. The fraction of sp³-hybridized carbons (Fsp3) is 0.267. The highest BCUT2D eigenvalue weighted by molar-refractivity contribution is 5.97. The van der Waals surface area contributed by atoms with E-state index in [1.165, 1.54) is 12.1 Å². The maximum absolute atomic E-state index is 13.7. The third-order valence-corrected chi connectivity index (χ3v) is 7.14. The normalized spacial score (nSPS) is 14.0. The molecule has 2 heterocycles. The van der Waals surface area contributed by atoms with E-state index >= 15 is 0 Å². The fourth-order valence-corrected chi connectivity index (χ4v) is 4.89. The predicted octanol–water partition coefficient (Wildman–Crippen LogP) is 4.91. The number of para-hydroxylation sites is 1. The van der Waals surface area contributed by atoms with E-state index in [-0.39, 0.29) is 37.0 Å². The van der Waals surface area contributed by atoms with Gasteiger partial charge in [-0.15, -0.1) is 0 Å². The van der Waals surface area contributed by atoms with E-state index in [0.29, 0.717) is 36.6 Å². The van der Waals surface area contributed by atoms with E-state index in [9.17, 15) is 14.0 Å². The predicted molar refractivity (Wildman–Crippen MR) is 140 cm³/mol. The summed E-state index contributed by atoms with van der Waals surface area (Å²) in [7, 11) is 0. The maximum atomic E-state index is 13.7. The standard InChI is InChI=1S/C30H28FN3O4/c31-23-8-5-20(6-9-23)17-33(14-13-22-16-32-26-4-2-1-3-25(22)26)29(35)18-34(24-10-11-24)30(36)21-7-12-27-28(15-21)38-19-37-27/h1-9,12,15-16,24,32H,10-11,13-14,17-19H2. The van der Waals surface area contributed by atoms with Crippen molar-refractivity contribution < 1.29 is 23.5 Å². The minimum atomic E-state index is -0.320. The number of nitrogens with zero attached hydrogens (tertiary/aromatic N) is 2. The van der Waals surface area contributed by atoms with E-state index in [0.717, 1.165) is 34.9 Å². The summed E-state index contributed by atoms with van der Waals surface area (Å²) >= 11 is 0. The molecular formula is C30H28FN3O4. The smallest absolute Gasteiger partial charge is 0.254 e. The molecule has 2 amide bonds. The number of nitrogens with one attached hydrogen (secondary N) is 1. The van der Waals surface area contributed by atoms with Crippen LogP contribution in [0.15, 0.2) is 72.9 Å². The molecule has 0 unspecified atom stereocenters. The van der Waals surface area contributed by atoms with Crippen LogP contribution in [0.4, 0.5) is 4.39 Å². The van der Waals surface area contributed by atoms with Crippen LogP contribution in [-0.4, -0.2) is 52.5 Å². The van der Waals surface area contributed by atoms with Crippen LogP contribution in [-0.2, 0) is 17.8 Å². The Morgan fingerprint density at radius 2 is 1.76 bits per heavy atom. The van der Waals surface area contributed by atoms with E-state index < -0.39 is 0 Å². The summed E-state index contributed by atoms with van der Waals surface area (Å²) in [6.45, 7) is 0.909. The molecule has 1 saturated carbocycles. The molecular weight excluding hydrogens is 485 g/mol. The number of hydrogen-bond donors (Lipinski definition) is 1. The Balaban J connectivity index is 1.21. The van der Waals surface area contributed by atoms with Crippen molar-refractivity contribution in [1.29, 1.82) is 0 Å². The first-order valence-corrected chi connectivity index (χ1v) is 12.8. The lowest BCUT2D eigenvalue weighted by atomic mass is 10.1. The number of halogens is 1. The van der Waals surface area contributed by atoms with Crippen LogP contribution in [0.1, 0.15) is 34.3 Å². The first-order chi connectivity index (χ1) is 18.5. The Morgan fingerprint density at radius 3 is 2.58 bits per heavy atom. The van der Waals surface area contributed by atoms with Crippen LogP contribution in [0.25, 0.3) is 10.9 Å². The molecule has 0 bridgehead atoms. The number of benzene rings is 3. The molecule has 194 valence electrons. The minimum Gasteiger partial charge on any atom is -0.454 e. The Kier molecular flexibility index (Phi) is 6.45. The van der Waals surface area contributed by atoms with Gasteiger partial charge in [-0.3, -0.25) is 9.59 Å². The molecule has 7 nitrogen and oxygen atoms in total. The highest BCUT2D eigenvalue weighted by Crippen LogP contribution is 2.34. The van der Waals surface area contributed by atoms with Crippen LogP contribution in [0.5, 0.6) is 11.5 Å². The molecule has 0 radical (unpaired) electrons. The second kappa shape index (κ2) is 10.2. The second-order valence-electron chi connectivity index (χ2n) is 9.78. The van der Waals surface area contributed by atoms with Crippen molar-refractivity contribution in [3.8, 4) is 11.5 Å². The lowest BCUT2D eigenvalue weighted by Crippen LogP contribution is -2.44. The van der Waals surface area contributed by atoms with Gasteiger partial charge in [0.1, 0.15) is 12.4 Å². The van der Waals surface area contributed by atoms with Crippen LogP contribution in [0.3, 0.4) is 0 Å². The number of aromatic nitrogens is 1. The van der Waals surface area contributed by atoms with Gasteiger partial charge in [-0.2, -0.15) is 0 Å². The van der Waals surface area contributed by atoms with Gasteiger partial charge in [-0.1, -0.05) is 30.3 Å². The highest BCUT2D eigenvalue weighted by Gasteiger charge is 2.35. The molecule has 0 spiro atoms. The average molecular weight is 514 g/mol. The van der Waals surface area contributed by atoms with Crippen molar-refractivity contribution >= 4 is 22.7 Å². The number of rotatable bonds is 9. The summed E-state index contributed by atoms with van der Waals surface area (Å²) in [4.78, 5) is 33.9. The molecule has 8 heteroatoms. The minimum absolute atomic E-state index is 0.0208. The quantitative estimate of drug-likeness (QED) is 0.345. The number of carbonyl (C=O) groups excluding carboxylic acids is 2. The molecule has 2 aliphatic rings. The van der Waals surface area contributed by atoms with Gasteiger partial charge < -0.3 is 24.3 Å². The van der Waals surface area contributed by atoms with Crippen molar-refractivity contribution in [1.82, 2.24) is 14.8 Å². The summed E-state index contributed by atoms with van der Waals surface area (Å²) in [6.07, 6.45) is 4.37. The van der Waals surface area contributed by atoms with Gasteiger partial charge in [-0.25, -0.2) is 4.39 Å². The van der Waals surface area contributed by atoms with Crippen molar-refractivity contribution in [2.24, 2.45) is 0 Å². The average Bonchev–Trinajstić information content (AvgIpc) is 3.52. The third-order valence-electron chi connectivity index (χ3n) is 7.14. The topological polar surface area (TPSA) is 74.9 Å². The molecule has 1 fully saturated rings. The van der Waals surface area contributed by atoms with E-state index in [2.05, 4.69) is 11.1 Å². The largest absolute Gasteiger partial charge is 0.454 e. The summed E-state index contributed by atoms with van der Waals surface area (Å²) in [5.41, 5.74) is 3.47.